The van der Waals surface area contributed by atoms with E-state index in [1.807, 2.05) is 23.9 Å². The van der Waals surface area contributed by atoms with Crippen LogP contribution >= 0.6 is 11.8 Å². The van der Waals surface area contributed by atoms with Gasteiger partial charge in [-0.05, 0) is 43.4 Å². The Kier molecular flexibility index (Phi) is 3.91. The van der Waals surface area contributed by atoms with Gasteiger partial charge in [-0.3, -0.25) is 0 Å². The normalized spacial score (nSPS) is 11.9. The van der Waals surface area contributed by atoms with Crippen molar-refractivity contribution >= 4 is 22.7 Å². The Labute approximate surface area is 113 Å². The lowest BCUT2D eigenvalue weighted by Gasteiger charge is -2.15. The van der Waals surface area contributed by atoms with Crippen molar-refractivity contribution in [2.75, 3.05) is 0 Å². The average molecular weight is 263 g/mol. The van der Waals surface area contributed by atoms with Gasteiger partial charge in [-0.15, -0.1) is 0 Å². The lowest BCUT2D eigenvalue weighted by Crippen LogP contribution is -2.05. The van der Waals surface area contributed by atoms with Gasteiger partial charge in [0.05, 0.1) is 0 Å². The van der Waals surface area contributed by atoms with Gasteiger partial charge < -0.3 is 9.67 Å². The molecule has 0 radical (unpaired) electrons. The number of aromatic nitrogens is 1. The van der Waals surface area contributed by atoms with Crippen LogP contribution in [0, 0.1) is 0 Å². The van der Waals surface area contributed by atoms with Gasteiger partial charge in [0.2, 0.25) is 0 Å². The second kappa shape index (κ2) is 5.27. The molecule has 0 aliphatic heterocycles. The number of phenolic OH excluding ortho intramolecular Hbond substituents is 1. The molecule has 2 aromatic rings. The van der Waals surface area contributed by atoms with Crippen LogP contribution < -0.4 is 0 Å². The Balaban J connectivity index is 2.47. The van der Waals surface area contributed by atoms with E-state index in [9.17, 15) is 5.11 Å². The first-order valence-corrected chi connectivity index (χ1v) is 7.48. The minimum absolute atomic E-state index is 0.339. The van der Waals surface area contributed by atoms with Crippen LogP contribution in [0.25, 0.3) is 10.9 Å². The summed E-state index contributed by atoms with van der Waals surface area (Å²) in [5, 5.41) is 11.3. The molecule has 0 saturated carbocycles. The number of thioether (sulfide) groups is 1. The zero-order valence-electron chi connectivity index (χ0n) is 11.5. The minimum atomic E-state index is 0.339. The van der Waals surface area contributed by atoms with Crippen LogP contribution in [0.1, 0.15) is 39.4 Å². The molecule has 1 N–H and O–H groups in total. The van der Waals surface area contributed by atoms with Crippen LogP contribution in [0.15, 0.2) is 24.3 Å². The van der Waals surface area contributed by atoms with E-state index in [-0.39, 0.29) is 0 Å². The summed E-state index contributed by atoms with van der Waals surface area (Å²) in [5.74, 6) is 1.36. The number of aromatic hydroxyl groups is 1. The Bertz CT molecular complexity index is 543. The summed E-state index contributed by atoms with van der Waals surface area (Å²) in [6, 6.07) is 8.26. The van der Waals surface area contributed by atoms with Gasteiger partial charge in [0.25, 0.3) is 0 Å². The maximum Gasteiger partial charge on any atom is 0.116 e. The molecule has 0 aliphatic carbocycles. The Morgan fingerprint density at radius 2 is 1.89 bits per heavy atom. The Morgan fingerprint density at radius 1 is 1.17 bits per heavy atom. The maximum atomic E-state index is 9.57. The number of phenols is 1. The summed E-state index contributed by atoms with van der Waals surface area (Å²) >= 11 is 1.95. The molecule has 98 valence electrons. The quantitative estimate of drug-likeness (QED) is 0.874. The third kappa shape index (κ3) is 2.66. The summed E-state index contributed by atoms with van der Waals surface area (Å²) in [5.41, 5.74) is 2.55. The number of nitrogens with zero attached hydrogens (tertiary/aromatic N) is 1. The van der Waals surface area contributed by atoms with Crippen molar-refractivity contribution in [3.05, 3.63) is 30.0 Å². The van der Waals surface area contributed by atoms with Gasteiger partial charge in [0, 0.05) is 28.4 Å². The highest BCUT2D eigenvalue weighted by molar-refractivity contribution is 7.99. The molecular weight excluding hydrogens is 242 g/mol. The van der Waals surface area contributed by atoms with E-state index in [0.29, 0.717) is 17.0 Å². The van der Waals surface area contributed by atoms with Crippen LogP contribution in [0.2, 0.25) is 0 Å². The molecule has 2 nitrogen and oxygen atoms in total. The Hall–Kier alpha value is -1.09. The van der Waals surface area contributed by atoms with Crippen LogP contribution in [0.4, 0.5) is 0 Å². The van der Waals surface area contributed by atoms with E-state index in [0.717, 1.165) is 11.1 Å². The maximum absolute atomic E-state index is 9.57. The molecule has 0 unspecified atom stereocenters. The summed E-state index contributed by atoms with van der Waals surface area (Å²) in [6.45, 7) is 8.85. The molecule has 1 heterocycles. The van der Waals surface area contributed by atoms with E-state index in [4.69, 9.17) is 0 Å². The summed E-state index contributed by atoms with van der Waals surface area (Å²) in [6.07, 6.45) is 0. The summed E-state index contributed by atoms with van der Waals surface area (Å²) in [4.78, 5) is 0. The van der Waals surface area contributed by atoms with Gasteiger partial charge in [-0.2, -0.15) is 11.8 Å². The van der Waals surface area contributed by atoms with E-state index in [1.165, 1.54) is 11.2 Å². The van der Waals surface area contributed by atoms with Crippen molar-refractivity contribution < 1.29 is 5.11 Å². The molecule has 18 heavy (non-hydrogen) atoms. The second-order valence-electron chi connectivity index (χ2n) is 5.20. The first-order chi connectivity index (χ1) is 8.49. The highest BCUT2D eigenvalue weighted by Crippen LogP contribution is 2.30. The van der Waals surface area contributed by atoms with Crippen LogP contribution in [0.3, 0.4) is 0 Å². The van der Waals surface area contributed by atoms with E-state index >= 15 is 0 Å². The summed E-state index contributed by atoms with van der Waals surface area (Å²) in [7, 11) is 0. The van der Waals surface area contributed by atoms with E-state index in [2.05, 4.69) is 38.3 Å². The average Bonchev–Trinajstić information content (AvgIpc) is 2.63. The SMILES string of the molecule is CC(C)SCc1cc2cc(O)ccc2n1C(C)C. The number of benzene rings is 1. The highest BCUT2D eigenvalue weighted by atomic mass is 32.2. The van der Waals surface area contributed by atoms with E-state index in [1.54, 1.807) is 6.07 Å². The molecular formula is C15H21NOS. The monoisotopic (exact) mass is 263 g/mol. The third-order valence-electron chi connectivity index (χ3n) is 2.98. The lowest BCUT2D eigenvalue weighted by molar-refractivity contribution is 0.476. The topological polar surface area (TPSA) is 25.2 Å². The molecule has 1 aromatic heterocycles. The predicted molar refractivity (Wildman–Crippen MR) is 80.4 cm³/mol. The molecule has 2 rings (SSSR count). The molecule has 1 aromatic carbocycles. The van der Waals surface area contributed by atoms with Gasteiger partial charge in [-0.1, -0.05) is 13.8 Å². The molecule has 0 atom stereocenters. The Morgan fingerprint density at radius 3 is 2.50 bits per heavy atom. The standard InChI is InChI=1S/C15H21NOS/c1-10(2)16-13(9-18-11(3)4)7-12-8-14(17)5-6-15(12)16/h5-8,10-11,17H,9H2,1-4H3. The third-order valence-corrected chi connectivity index (χ3v) is 4.11. The fourth-order valence-corrected chi connectivity index (χ4v) is 2.98. The molecule has 0 amide bonds. The smallest absolute Gasteiger partial charge is 0.116 e. The lowest BCUT2D eigenvalue weighted by atomic mass is 10.2. The molecule has 0 spiro atoms. The van der Waals surface area contributed by atoms with Crippen LogP contribution in [0.5, 0.6) is 5.75 Å². The van der Waals surface area contributed by atoms with Crippen molar-refractivity contribution in [1.29, 1.82) is 0 Å². The summed E-state index contributed by atoms with van der Waals surface area (Å²) < 4.78 is 2.37. The largest absolute Gasteiger partial charge is 0.508 e. The van der Waals surface area contributed by atoms with Crippen molar-refractivity contribution in [3.63, 3.8) is 0 Å². The predicted octanol–water partition coefficient (Wildman–Crippen LogP) is 4.57. The number of hydrogen-bond donors (Lipinski definition) is 1. The molecule has 3 heteroatoms. The zero-order valence-corrected chi connectivity index (χ0v) is 12.3. The van der Waals surface area contributed by atoms with E-state index < -0.39 is 0 Å². The zero-order chi connectivity index (χ0) is 13.3. The van der Waals surface area contributed by atoms with Crippen molar-refractivity contribution in [2.45, 2.75) is 44.7 Å². The fraction of sp³-hybridized carbons (Fsp3) is 0.467. The molecule has 0 fully saturated rings. The first kappa shape index (κ1) is 13.3. The van der Waals surface area contributed by atoms with Crippen molar-refractivity contribution in [1.82, 2.24) is 4.57 Å². The highest BCUT2D eigenvalue weighted by Gasteiger charge is 2.12. The molecule has 0 saturated heterocycles. The number of fused-ring (bicyclic) bond motifs is 1. The minimum Gasteiger partial charge on any atom is -0.508 e. The molecule has 0 aliphatic rings. The fourth-order valence-electron chi connectivity index (χ4n) is 2.25. The number of hydrogen-bond acceptors (Lipinski definition) is 2. The number of rotatable bonds is 4. The van der Waals surface area contributed by atoms with Crippen molar-refractivity contribution in [3.8, 4) is 5.75 Å². The van der Waals surface area contributed by atoms with Crippen molar-refractivity contribution in [2.24, 2.45) is 0 Å². The molecule has 0 bridgehead atoms. The van der Waals surface area contributed by atoms with Gasteiger partial charge in [0.1, 0.15) is 5.75 Å². The van der Waals surface area contributed by atoms with Gasteiger partial charge >= 0.3 is 0 Å². The first-order valence-electron chi connectivity index (χ1n) is 6.43. The van der Waals surface area contributed by atoms with Gasteiger partial charge in [0.15, 0.2) is 0 Å². The van der Waals surface area contributed by atoms with Crippen LogP contribution in [-0.4, -0.2) is 14.9 Å². The van der Waals surface area contributed by atoms with Crippen LogP contribution in [-0.2, 0) is 5.75 Å². The second-order valence-corrected chi connectivity index (χ2v) is 6.77. The van der Waals surface area contributed by atoms with Gasteiger partial charge in [-0.25, -0.2) is 0 Å².